The Bertz CT molecular complexity index is 391. The Kier molecular flexibility index (Phi) is 1.89. The number of aromatic hydroxyl groups is 1. The van der Waals surface area contributed by atoms with Gasteiger partial charge in [-0.1, -0.05) is 0 Å². The second-order valence-electron chi connectivity index (χ2n) is 4.52. The minimum atomic E-state index is 0.390. The number of rotatable bonds is 0. The Balaban J connectivity index is 2.07. The molecule has 15 heavy (non-hydrogen) atoms. The van der Waals surface area contributed by atoms with Gasteiger partial charge >= 0.3 is 0 Å². The molecule has 1 aromatic carbocycles. The van der Waals surface area contributed by atoms with Gasteiger partial charge in [0.25, 0.3) is 0 Å². The molecule has 0 spiro atoms. The third kappa shape index (κ3) is 1.23. The number of piperidine rings is 1. The molecule has 2 N–H and O–H groups in total. The summed E-state index contributed by atoms with van der Waals surface area (Å²) in [5.41, 5.74) is 2.61. The van der Waals surface area contributed by atoms with Crippen molar-refractivity contribution in [2.75, 3.05) is 25.0 Å². The lowest BCUT2D eigenvalue weighted by atomic mass is 9.89. The fourth-order valence-electron chi connectivity index (χ4n) is 2.95. The van der Waals surface area contributed by atoms with Crippen molar-refractivity contribution in [3.8, 4) is 5.75 Å². The van der Waals surface area contributed by atoms with E-state index in [4.69, 9.17) is 0 Å². The SMILES string of the molecule is CN1c2ccc(O)cc2C2CCNCC21. The van der Waals surface area contributed by atoms with Crippen LogP contribution >= 0.6 is 0 Å². The van der Waals surface area contributed by atoms with Gasteiger partial charge in [-0.25, -0.2) is 0 Å². The quantitative estimate of drug-likeness (QED) is 0.668. The molecule has 1 fully saturated rings. The van der Waals surface area contributed by atoms with E-state index in [0.717, 1.165) is 13.1 Å². The maximum absolute atomic E-state index is 9.54. The van der Waals surface area contributed by atoms with Crippen LogP contribution in [0.5, 0.6) is 5.75 Å². The zero-order valence-electron chi connectivity index (χ0n) is 8.90. The number of hydrogen-bond acceptors (Lipinski definition) is 3. The number of anilines is 1. The van der Waals surface area contributed by atoms with Crippen molar-refractivity contribution in [3.63, 3.8) is 0 Å². The van der Waals surface area contributed by atoms with Crippen molar-refractivity contribution in [2.24, 2.45) is 0 Å². The van der Waals surface area contributed by atoms with E-state index in [-0.39, 0.29) is 0 Å². The topological polar surface area (TPSA) is 35.5 Å². The van der Waals surface area contributed by atoms with Crippen LogP contribution in [0.4, 0.5) is 5.69 Å². The van der Waals surface area contributed by atoms with Crippen LogP contribution < -0.4 is 10.2 Å². The predicted octanol–water partition coefficient (Wildman–Crippen LogP) is 1.29. The van der Waals surface area contributed by atoms with Crippen molar-refractivity contribution < 1.29 is 5.11 Å². The van der Waals surface area contributed by atoms with E-state index >= 15 is 0 Å². The second-order valence-corrected chi connectivity index (χ2v) is 4.52. The van der Waals surface area contributed by atoms with Gasteiger partial charge in [0.1, 0.15) is 5.75 Å². The molecule has 0 amide bonds. The van der Waals surface area contributed by atoms with Crippen molar-refractivity contribution >= 4 is 5.69 Å². The van der Waals surface area contributed by atoms with Crippen molar-refractivity contribution in [2.45, 2.75) is 18.4 Å². The molecular formula is C12H16N2O. The minimum Gasteiger partial charge on any atom is -0.508 e. The summed E-state index contributed by atoms with van der Waals surface area (Å²) in [6.45, 7) is 2.14. The van der Waals surface area contributed by atoms with Crippen LogP contribution in [0, 0.1) is 0 Å². The van der Waals surface area contributed by atoms with Crippen molar-refractivity contribution in [1.82, 2.24) is 5.32 Å². The first-order valence-electron chi connectivity index (χ1n) is 5.54. The normalized spacial score (nSPS) is 28.7. The summed E-state index contributed by atoms with van der Waals surface area (Å²) in [6, 6.07) is 6.31. The van der Waals surface area contributed by atoms with Crippen LogP contribution in [0.3, 0.4) is 0 Å². The summed E-state index contributed by atoms with van der Waals surface area (Å²) in [5, 5.41) is 13.0. The summed E-state index contributed by atoms with van der Waals surface area (Å²) < 4.78 is 0. The maximum Gasteiger partial charge on any atom is 0.116 e. The van der Waals surface area contributed by atoms with Gasteiger partial charge in [-0.15, -0.1) is 0 Å². The second kappa shape index (κ2) is 3.14. The molecule has 0 aromatic heterocycles. The van der Waals surface area contributed by atoms with E-state index in [2.05, 4.69) is 17.3 Å². The van der Waals surface area contributed by atoms with Gasteiger partial charge in [0.05, 0.1) is 0 Å². The molecule has 2 heterocycles. The average molecular weight is 204 g/mol. The van der Waals surface area contributed by atoms with Crippen molar-refractivity contribution in [3.05, 3.63) is 23.8 Å². The monoisotopic (exact) mass is 204 g/mol. The van der Waals surface area contributed by atoms with E-state index in [1.165, 1.54) is 17.7 Å². The molecule has 3 nitrogen and oxygen atoms in total. The lowest BCUT2D eigenvalue weighted by molar-refractivity contribution is 0.412. The first-order chi connectivity index (χ1) is 7.27. The number of likely N-dealkylation sites (N-methyl/N-ethyl adjacent to an activating group) is 1. The van der Waals surface area contributed by atoms with E-state index in [0.29, 0.717) is 17.7 Å². The van der Waals surface area contributed by atoms with Gasteiger partial charge in [0.15, 0.2) is 0 Å². The summed E-state index contributed by atoms with van der Waals surface area (Å²) in [4.78, 5) is 2.34. The first kappa shape index (κ1) is 9.04. The summed E-state index contributed by atoms with van der Waals surface area (Å²) in [5.74, 6) is 0.986. The highest BCUT2D eigenvalue weighted by molar-refractivity contribution is 5.63. The number of nitrogens with one attached hydrogen (secondary N) is 1. The Labute approximate surface area is 89.7 Å². The average Bonchev–Trinajstić information content (AvgIpc) is 2.54. The Morgan fingerprint density at radius 3 is 3.20 bits per heavy atom. The highest BCUT2D eigenvalue weighted by Gasteiger charge is 2.37. The lowest BCUT2D eigenvalue weighted by Gasteiger charge is -2.31. The van der Waals surface area contributed by atoms with E-state index < -0.39 is 0 Å². The molecule has 3 heteroatoms. The zero-order chi connectivity index (χ0) is 10.4. The molecule has 3 rings (SSSR count). The van der Waals surface area contributed by atoms with Gasteiger partial charge < -0.3 is 15.3 Å². The van der Waals surface area contributed by atoms with Gasteiger partial charge in [0.2, 0.25) is 0 Å². The third-order valence-corrected chi connectivity index (χ3v) is 3.74. The predicted molar refractivity (Wildman–Crippen MR) is 60.5 cm³/mol. The molecule has 2 atom stereocenters. The summed E-state index contributed by atoms with van der Waals surface area (Å²) in [7, 11) is 2.15. The van der Waals surface area contributed by atoms with Gasteiger partial charge in [-0.2, -0.15) is 0 Å². The Hall–Kier alpha value is -1.22. The van der Waals surface area contributed by atoms with Crippen LogP contribution in [0.15, 0.2) is 18.2 Å². The van der Waals surface area contributed by atoms with Crippen LogP contribution in [-0.4, -0.2) is 31.3 Å². The number of benzene rings is 1. The molecule has 0 aliphatic carbocycles. The number of fused-ring (bicyclic) bond motifs is 3. The smallest absolute Gasteiger partial charge is 0.116 e. The highest BCUT2D eigenvalue weighted by Crippen LogP contribution is 2.43. The molecule has 0 bridgehead atoms. The number of phenols is 1. The molecule has 2 aliphatic heterocycles. The maximum atomic E-state index is 9.54. The fourth-order valence-corrected chi connectivity index (χ4v) is 2.95. The van der Waals surface area contributed by atoms with Crippen LogP contribution in [-0.2, 0) is 0 Å². The summed E-state index contributed by atoms with van der Waals surface area (Å²) >= 11 is 0. The van der Waals surface area contributed by atoms with Crippen LogP contribution in [0.1, 0.15) is 17.9 Å². The third-order valence-electron chi connectivity index (χ3n) is 3.74. The van der Waals surface area contributed by atoms with Crippen molar-refractivity contribution in [1.29, 1.82) is 0 Å². The van der Waals surface area contributed by atoms with Gasteiger partial charge in [-0.3, -0.25) is 0 Å². The molecular weight excluding hydrogens is 188 g/mol. The molecule has 2 unspecified atom stereocenters. The van der Waals surface area contributed by atoms with Crippen LogP contribution in [0.25, 0.3) is 0 Å². The van der Waals surface area contributed by atoms with E-state index in [1.54, 1.807) is 6.07 Å². The van der Waals surface area contributed by atoms with Gasteiger partial charge in [-0.05, 0) is 36.7 Å². The number of phenolic OH excluding ortho intramolecular Hbond substituents is 1. The van der Waals surface area contributed by atoms with Gasteiger partial charge in [0, 0.05) is 31.2 Å². The first-order valence-corrected chi connectivity index (χ1v) is 5.54. The number of hydrogen-bond donors (Lipinski definition) is 2. The molecule has 80 valence electrons. The standard InChI is InChI=1S/C12H16N2O/c1-14-11-3-2-8(15)6-10(11)9-4-5-13-7-12(9)14/h2-3,6,9,12-13,15H,4-5,7H2,1H3. The fraction of sp³-hybridized carbons (Fsp3) is 0.500. The lowest BCUT2D eigenvalue weighted by Crippen LogP contribution is -2.44. The Morgan fingerprint density at radius 1 is 1.47 bits per heavy atom. The van der Waals surface area contributed by atoms with E-state index in [1.807, 2.05) is 12.1 Å². The molecule has 0 saturated carbocycles. The van der Waals surface area contributed by atoms with E-state index in [9.17, 15) is 5.11 Å². The Morgan fingerprint density at radius 2 is 2.33 bits per heavy atom. The molecule has 1 aromatic rings. The number of nitrogens with zero attached hydrogens (tertiary/aromatic N) is 1. The zero-order valence-corrected chi connectivity index (χ0v) is 8.90. The minimum absolute atomic E-state index is 0.390. The van der Waals surface area contributed by atoms with Crippen LogP contribution in [0.2, 0.25) is 0 Å². The summed E-state index contributed by atoms with van der Waals surface area (Å²) in [6.07, 6.45) is 1.17. The highest BCUT2D eigenvalue weighted by atomic mass is 16.3. The molecule has 1 saturated heterocycles. The largest absolute Gasteiger partial charge is 0.508 e. The molecule has 0 radical (unpaired) electrons. The molecule has 2 aliphatic rings.